The minimum Gasteiger partial charge on any atom is -0.397 e. The van der Waals surface area contributed by atoms with Crippen LogP contribution in [0, 0.1) is 11.0 Å². The van der Waals surface area contributed by atoms with Gasteiger partial charge in [0.05, 0.1) is 22.8 Å². The third kappa shape index (κ3) is 5.62. The highest BCUT2D eigenvalue weighted by Crippen LogP contribution is 2.53. The summed E-state index contributed by atoms with van der Waals surface area (Å²) in [4.78, 5) is 0. The molecule has 0 spiro atoms. The summed E-state index contributed by atoms with van der Waals surface area (Å²) in [5.74, 6) is 0. The molecule has 0 fully saturated rings. The smallest absolute Gasteiger partial charge is 0.223 e. The van der Waals surface area contributed by atoms with Gasteiger partial charge in [0.15, 0.2) is 0 Å². The van der Waals surface area contributed by atoms with E-state index < -0.39 is 29.5 Å². The fourth-order valence-corrected chi connectivity index (χ4v) is 11.5. The minimum atomic E-state index is -4.43. The van der Waals surface area contributed by atoms with Crippen LogP contribution in [0.15, 0.2) is 94.4 Å². The number of aryl methyl sites for hydroxylation is 4. The molecule has 4 aromatic carbocycles. The normalized spacial score (nSPS) is 21.0. The summed E-state index contributed by atoms with van der Waals surface area (Å²) in [5.41, 5.74) is 27.6. The molecular formula is C40H46N8O4S2. The van der Waals surface area contributed by atoms with E-state index in [0.29, 0.717) is 59.1 Å². The van der Waals surface area contributed by atoms with Gasteiger partial charge in [-0.3, -0.25) is 0 Å². The second kappa shape index (κ2) is 14.0. The van der Waals surface area contributed by atoms with Crippen LogP contribution in [0.2, 0.25) is 2.82 Å². The summed E-state index contributed by atoms with van der Waals surface area (Å²) in [6.45, 7) is 7.78. The van der Waals surface area contributed by atoms with Crippen molar-refractivity contribution in [1.82, 2.24) is 0 Å². The van der Waals surface area contributed by atoms with Crippen molar-refractivity contribution in [1.29, 1.82) is 11.0 Å². The highest BCUT2D eigenvalue weighted by molar-refractivity contribution is 7.90. The summed E-state index contributed by atoms with van der Waals surface area (Å²) in [5, 5.41) is 20.5. The summed E-state index contributed by atoms with van der Waals surface area (Å²) in [6.07, 6.45) is 1.32. The number of nitrogens with one attached hydrogen (secondary N) is 2. The summed E-state index contributed by atoms with van der Waals surface area (Å²) in [7, 11) is -8.86. The summed E-state index contributed by atoms with van der Waals surface area (Å²) in [6, 6.07) is 21.7. The van der Waals surface area contributed by atoms with Crippen LogP contribution in [0.3, 0.4) is 0 Å². The molecule has 2 aliphatic carbocycles. The maximum atomic E-state index is 14.2. The molecule has 4 aromatic rings. The minimum absolute atomic E-state index is 0.147. The van der Waals surface area contributed by atoms with Crippen molar-refractivity contribution in [2.45, 2.75) is 75.7 Å². The molecular weight excluding hydrogens is 721 g/mol. The van der Waals surface area contributed by atoms with Gasteiger partial charge >= 0.3 is 0 Å². The third-order valence-corrected chi connectivity index (χ3v) is 14.3. The second-order valence-electron chi connectivity index (χ2n) is 13.9. The average Bonchev–Trinajstić information content (AvgIpc) is 3.18. The van der Waals surface area contributed by atoms with Crippen molar-refractivity contribution in [3.05, 3.63) is 140 Å². The molecule has 6 rings (SSSR count). The van der Waals surface area contributed by atoms with Gasteiger partial charge in [0, 0.05) is 24.0 Å². The summed E-state index contributed by atoms with van der Waals surface area (Å²) < 4.78 is 68.0. The maximum absolute atomic E-state index is 14.2. The standard InChI is InChI=1S/C40H46N8O4S2/c1-5-23-17-27(18-24(6-2)35(23)39(53(45,49)50)21-33(47-43)37(41)29-13-9-11-15-31(29)39)28-19-25(7-3)36(26(8-4)20-28)40(54(46,51)52)22-34(48-44)38(42)30-14-10-12-16-32(30)40/h9-20,43-44H,5-8,21-22,41-42H2,1-4H3,(H2,45,49,50)(H2,46,51,52)/b47-43+,48-44+. The van der Waals surface area contributed by atoms with Crippen LogP contribution in [0.4, 0.5) is 0 Å². The van der Waals surface area contributed by atoms with Crippen LogP contribution in [0.5, 0.6) is 0 Å². The van der Waals surface area contributed by atoms with E-state index in [1.165, 1.54) is 0 Å². The van der Waals surface area contributed by atoms with Crippen LogP contribution in [-0.4, -0.2) is 16.8 Å². The Morgan fingerprint density at radius 2 is 0.926 bits per heavy atom. The number of rotatable bonds is 11. The topological polar surface area (TPSA) is 245 Å². The number of benzene rings is 4. The number of fused-ring (bicyclic) bond motifs is 2. The summed E-state index contributed by atoms with van der Waals surface area (Å²) >= 11 is 0. The Morgan fingerprint density at radius 1 is 0.611 bits per heavy atom. The van der Waals surface area contributed by atoms with Gasteiger partial charge in [0.2, 0.25) is 22.9 Å². The Hall–Kier alpha value is -5.02. The molecule has 0 heterocycles. The molecule has 12 nitrogen and oxygen atoms in total. The molecule has 2 aliphatic rings. The van der Waals surface area contributed by atoms with E-state index >= 15 is 0 Å². The van der Waals surface area contributed by atoms with Crippen LogP contribution in [0.25, 0.3) is 22.5 Å². The molecule has 14 heteroatoms. The molecule has 10 N–H and O–H groups in total. The van der Waals surface area contributed by atoms with Crippen LogP contribution < -0.4 is 21.7 Å². The van der Waals surface area contributed by atoms with E-state index in [1.807, 2.05) is 52.0 Å². The Bertz CT molecular complexity index is 2380. The van der Waals surface area contributed by atoms with Gasteiger partial charge in [0.1, 0.15) is 9.49 Å². The van der Waals surface area contributed by atoms with Crippen molar-refractivity contribution >= 4 is 31.4 Å². The quantitative estimate of drug-likeness (QED) is 0.0897. The lowest BCUT2D eigenvalue weighted by molar-refractivity contribution is 0.541. The van der Waals surface area contributed by atoms with Gasteiger partial charge in [0.25, 0.3) is 0 Å². The SMILES string of the molecule is [H]/N=N/C1=C(N)c2ccccc2C(c2c(CC)cc(-c3cc(CC)c(C4(S(N)(=O)=O)CC(/N=N/[H])=C(N)c5ccccc54)c(CC)c3)cc2CC)(S(N)(=O)=O)C1. The van der Waals surface area contributed by atoms with E-state index in [4.69, 9.17) is 24.6 Å². The van der Waals surface area contributed by atoms with Gasteiger partial charge in [-0.1, -0.05) is 100 Å². The third-order valence-electron chi connectivity index (χ3n) is 11.2. The first kappa shape index (κ1) is 36.0. The Labute approximate surface area is 319 Å². The molecule has 0 saturated heterocycles. The van der Waals surface area contributed by atoms with Crippen molar-refractivity contribution in [3.8, 4) is 11.1 Å². The second-order valence-corrected chi connectivity index (χ2v) is 17.4. The predicted molar refractivity (Wildman–Crippen MR) is 212 cm³/mol. The largest absolute Gasteiger partial charge is 0.397 e. The van der Waals surface area contributed by atoms with Crippen molar-refractivity contribution in [2.24, 2.45) is 32.0 Å². The van der Waals surface area contributed by atoms with Crippen molar-refractivity contribution in [3.63, 3.8) is 0 Å². The Morgan fingerprint density at radius 3 is 1.20 bits per heavy atom. The zero-order valence-electron chi connectivity index (χ0n) is 32.7. The first-order valence-corrected chi connectivity index (χ1v) is 20.9. The van der Waals surface area contributed by atoms with E-state index in [2.05, 4.69) is 21.3 Å². The van der Waals surface area contributed by atoms with Gasteiger partial charge < -0.3 is 11.5 Å². The molecule has 282 valence electrons. The van der Waals surface area contributed by atoms with E-state index in [9.17, 15) is 16.8 Å². The lowest BCUT2D eigenvalue weighted by Crippen LogP contribution is -2.46. The monoisotopic (exact) mass is 766 g/mol. The van der Waals surface area contributed by atoms with Gasteiger partial charge in [-0.25, -0.2) is 38.2 Å². The first-order chi connectivity index (χ1) is 26.6. The molecule has 2 unspecified atom stereocenters. The fourth-order valence-electron chi connectivity index (χ4n) is 8.74. The van der Waals surface area contributed by atoms with Crippen molar-refractivity contribution < 1.29 is 19.7 Å². The van der Waals surface area contributed by atoms with Gasteiger partial charge in [-0.2, -0.15) is 10.2 Å². The van der Waals surface area contributed by atoms with Crippen LogP contribution in [0.1, 0.15) is 96.2 Å². The van der Waals surface area contributed by atoms with Crippen LogP contribution in [-0.2, 0) is 55.2 Å². The highest BCUT2D eigenvalue weighted by Gasteiger charge is 2.53. The number of nitrogens with zero attached hydrogens (tertiary/aromatic N) is 2. The number of allylic oxidation sites excluding steroid dienone is 2. The number of nitrogens with two attached hydrogens (primary N) is 4. The number of hydrogen-bond donors (Lipinski definition) is 6. The Kier molecular flexibility index (Phi) is 9.33. The maximum Gasteiger partial charge on any atom is 0.223 e. The number of hydrogen-bond acceptors (Lipinski definition) is 10. The zero-order chi connectivity index (χ0) is 40.8. The molecule has 0 bridgehead atoms. The highest BCUT2D eigenvalue weighted by atomic mass is 32.2. The predicted octanol–water partition coefficient (Wildman–Crippen LogP) is 6.79. The van der Waals surface area contributed by atoms with Crippen molar-refractivity contribution in [2.75, 3.05) is 0 Å². The number of primary sulfonamides is 2. The lowest BCUT2D eigenvalue weighted by atomic mass is 9.73. The fraction of sp³-hybridized carbons (Fsp3) is 0.300. The molecule has 2 atom stereocenters. The molecule has 0 aliphatic heterocycles. The lowest BCUT2D eigenvalue weighted by Gasteiger charge is -2.40. The molecule has 0 aromatic heterocycles. The zero-order valence-corrected chi connectivity index (χ0v) is 32.4. The van der Waals surface area contributed by atoms with Crippen LogP contribution >= 0.6 is 0 Å². The molecule has 0 saturated carbocycles. The molecule has 54 heavy (non-hydrogen) atoms. The van der Waals surface area contributed by atoms with Gasteiger partial charge in [-0.05, 0) is 81.3 Å². The molecule has 0 amide bonds. The number of sulfonamides is 2. The van der Waals surface area contributed by atoms with E-state index in [-0.39, 0.29) is 35.6 Å². The first-order valence-electron chi connectivity index (χ1n) is 18.7. The Balaban J connectivity index is 1.66. The van der Waals surface area contributed by atoms with E-state index in [1.54, 1.807) is 48.5 Å². The van der Waals surface area contributed by atoms with Gasteiger partial charge in [-0.15, -0.1) is 0 Å². The molecule has 0 radical (unpaired) electrons. The average molecular weight is 767 g/mol. The van der Waals surface area contributed by atoms with E-state index in [0.717, 1.165) is 33.4 Å².